The van der Waals surface area contributed by atoms with E-state index in [0.717, 1.165) is 61.5 Å². The number of hydrogen-bond acceptors (Lipinski definition) is 4. The first-order chi connectivity index (χ1) is 24.3. The first kappa shape index (κ1) is 28.5. The second-order valence-electron chi connectivity index (χ2n) is 12.0. The van der Waals surface area contributed by atoms with Gasteiger partial charge in [0.2, 0.25) is 0 Å². The minimum Gasteiger partial charge on any atom is -0.228 e. The van der Waals surface area contributed by atoms with Crippen LogP contribution in [0, 0.1) is 0 Å². The van der Waals surface area contributed by atoms with Gasteiger partial charge in [-0.1, -0.05) is 145 Å². The molecule has 230 valence electrons. The van der Waals surface area contributed by atoms with Crippen molar-refractivity contribution in [2.75, 3.05) is 0 Å². The van der Waals surface area contributed by atoms with Gasteiger partial charge in [0, 0.05) is 16.7 Å². The molecule has 0 aliphatic carbocycles. The smallest absolute Gasteiger partial charge is 0.160 e. The summed E-state index contributed by atoms with van der Waals surface area (Å²) in [6.07, 6.45) is 0. The van der Waals surface area contributed by atoms with Crippen molar-refractivity contribution in [1.29, 1.82) is 0 Å². The summed E-state index contributed by atoms with van der Waals surface area (Å²) in [5.41, 5.74) is 12.4. The zero-order chi connectivity index (χ0) is 32.6. The predicted octanol–water partition coefficient (Wildman–Crippen LogP) is 10.7. The molecule has 0 bridgehead atoms. The molecular weight excluding hydrogens is 599 g/mol. The van der Waals surface area contributed by atoms with Crippen molar-refractivity contribution in [3.8, 4) is 61.8 Å². The third-order valence-electron chi connectivity index (χ3n) is 9.00. The Morgan fingerprint density at radius 2 is 1.02 bits per heavy atom. The molecular formula is C44H29N5. The molecule has 0 amide bonds. The Labute approximate surface area is 283 Å². The number of nitrogens with zero attached hydrogens (tertiary/aromatic N) is 5. The first-order valence-electron chi connectivity index (χ1n) is 16.3. The zero-order valence-corrected chi connectivity index (χ0v) is 26.5. The lowest BCUT2D eigenvalue weighted by molar-refractivity contribution is 0.824. The van der Waals surface area contributed by atoms with Crippen molar-refractivity contribution in [3.05, 3.63) is 176 Å². The SMILES string of the molecule is c1ccc(-c2cc(-c3ccc(-c4cccc5ccc(-c6ccc(-n7nnc8ccccc87)cc6)cc45)cc3)nc(-c3ccccc3)n2)cc1. The summed E-state index contributed by atoms with van der Waals surface area (Å²) < 4.78 is 1.88. The minimum atomic E-state index is 0.713. The number of rotatable bonds is 6. The van der Waals surface area contributed by atoms with E-state index in [1.54, 1.807) is 0 Å². The van der Waals surface area contributed by atoms with Crippen molar-refractivity contribution in [3.63, 3.8) is 0 Å². The Morgan fingerprint density at radius 3 is 1.78 bits per heavy atom. The number of para-hydroxylation sites is 1. The fourth-order valence-electron chi connectivity index (χ4n) is 6.45. The third kappa shape index (κ3) is 5.43. The highest BCUT2D eigenvalue weighted by atomic mass is 15.4. The summed E-state index contributed by atoms with van der Waals surface area (Å²) in [6, 6.07) is 61.0. The Balaban J connectivity index is 1.06. The van der Waals surface area contributed by atoms with E-state index in [-0.39, 0.29) is 0 Å². The summed E-state index contributed by atoms with van der Waals surface area (Å²) in [5, 5.41) is 11.1. The largest absolute Gasteiger partial charge is 0.228 e. The van der Waals surface area contributed by atoms with Gasteiger partial charge in [0.15, 0.2) is 5.82 Å². The van der Waals surface area contributed by atoms with Gasteiger partial charge in [-0.15, -0.1) is 5.10 Å². The normalized spacial score (nSPS) is 11.3. The predicted molar refractivity (Wildman–Crippen MR) is 199 cm³/mol. The van der Waals surface area contributed by atoms with E-state index in [2.05, 4.69) is 126 Å². The van der Waals surface area contributed by atoms with Crippen LogP contribution < -0.4 is 0 Å². The Bertz CT molecular complexity index is 2520. The maximum atomic E-state index is 5.01. The van der Waals surface area contributed by atoms with Crippen LogP contribution in [0.2, 0.25) is 0 Å². The average Bonchev–Trinajstić information content (AvgIpc) is 3.62. The highest BCUT2D eigenvalue weighted by molar-refractivity contribution is 5.99. The molecule has 0 saturated carbocycles. The maximum absolute atomic E-state index is 5.01. The molecule has 7 aromatic carbocycles. The Morgan fingerprint density at radius 1 is 0.408 bits per heavy atom. The molecule has 0 N–H and O–H groups in total. The van der Waals surface area contributed by atoms with Crippen LogP contribution in [0.1, 0.15) is 0 Å². The van der Waals surface area contributed by atoms with Gasteiger partial charge in [-0.2, -0.15) is 0 Å². The standard InChI is InChI=1S/C44H29N5/c1-3-10-33(11-4-1)41-29-42(46-44(45-41)35-12-5-2-6-13-35)34-21-18-32(19-22-34)38-15-9-14-31-20-23-36(28-39(31)38)30-24-26-37(27-25-30)49-43-17-8-7-16-40(43)47-48-49/h1-29H. The lowest BCUT2D eigenvalue weighted by atomic mass is 9.94. The van der Waals surface area contributed by atoms with E-state index < -0.39 is 0 Å². The van der Waals surface area contributed by atoms with Crippen LogP contribution in [0.15, 0.2) is 176 Å². The number of benzene rings is 7. The zero-order valence-electron chi connectivity index (χ0n) is 26.5. The van der Waals surface area contributed by atoms with E-state index in [0.29, 0.717) is 5.82 Å². The Kier molecular flexibility index (Phi) is 7.06. The van der Waals surface area contributed by atoms with Crippen LogP contribution in [0.5, 0.6) is 0 Å². The van der Waals surface area contributed by atoms with Crippen LogP contribution in [0.4, 0.5) is 0 Å². The summed E-state index contributed by atoms with van der Waals surface area (Å²) in [7, 11) is 0. The molecule has 0 spiro atoms. The van der Waals surface area contributed by atoms with Gasteiger partial charge in [0.25, 0.3) is 0 Å². The fraction of sp³-hybridized carbons (Fsp3) is 0. The topological polar surface area (TPSA) is 56.5 Å². The van der Waals surface area contributed by atoms with E-state index >= 15 is 0 Å². The van der Waals surface area contributed by atoms with Gasteiger partial charge in [-0.3, -0.25) is 0 Å². The quantitative estimate of drug-likeness (QED) is 0.184. The van der Waals surface area contributed by atoms with Crippen molar-refractivity contribution >= 4 is 21.8 Å². The molecule has 0 fully saturated rings. The molecule has 0 aliphatic rings. The van der Waals surface area contributed by atoms with Crippen LogP contribution in [0.3, 0.4) is 0 Å². The van der Waals surface area contributed by atoms with Crippen LogP contribution >= 0.6 is 0 Å². The van der Waals surface area contributed by atoms with Gasteiger partial charge in [-0.25, -0.2) is 14.6 Å². The molecule has 5 nitrogen and oxygen atoms in total. The second kappa shape index (κ2) is 12.1. The van der Waals surface area contributed by atoms with Gasteiger partial charge >= 0.3 is 0 Å². The fourth-order valence-corrected chi connectivity index (χ4v) is 6.45. The van der Waals surface area contributed by atoms with Crippen LogP contribution in [-0.4, -0.2) is 25.0 Å². The molecule has 0 unspecified atom stereocenters. The highest BCUT2D eigenvalue weighted by Gasteiger charge is 2.12. The summed E-state index contributed by atoms with van der Waals surface area (Å²) in [4.78, 5) is 9.96. The monoisotopic (exact) mass is 627 g/mol. The first-order valence-corrected chi connectivity index (χ1v) is 16.3. The van der Waals surface area contributed by atoms with Crippen molar-refractivity contribution in [2.45, 2.75) is 0 Å². The molecule has 0 aliphatic heterocycles. The van der Waals surface area contributed by atoms with Crippen molar-refractivity contribution in [1.82, 2.24) is 25.0 Å². The second-order valence-corrected chi connectivity index (χ2v) is 12.0. The van der Waals surface area contributed by atoms with Gasteiger partial charge in [0.05, 0.1) is 22.6 Å². The van der Waals surface area contributed by atoms with E-state index in [4.69, 9.17) is 9.97 Å². The van der Waals surface area contributed by atoms with Gasteiger partial charge in [0.1, 0.15) is 5.52 Å². The highest BCUT2D eigenvalue weighted by Crippen LogP contribution is 2.34. The van der Waals surface area contributed by atoms with Crippen LogP contribution in [0.25, 0.3) is 83.6 Å². The summed E-state index contributed by atoms with van der Waals surface area (Å²) >= 11 is 0. The third-order valence-corrected chi connectivity index (χ3v) is 9.00. The molecule has 49 heavy (non-hydrogen) atoms. The molecule has 0 atom stereocenters. The molecule has 0 radical (unpaired) electrons. The number of hydrogen-bond donors (Lipinski definition) is 0. The molecule has 9 aromatic rings. The number of fused-ring (bicyclic) bond motifs is 2. The van der Waals surface area contributed by atoms with Crippen molar-refractivity contribution in [2.24, 2.45) is 0 Å². The van der Waals surface area contributed by atoms with Crippen LogP contribution in [-0.2, 0) is 0 Å². The molecule has 2 heterocycles. The van der Waals surface area contributed by atoms with Gasteiger partial charge in [-0.05, 0) is 69.4 Å². The summed E-state index contributed by atoms with van der Waals surface area (Å²) in [6.45, 7) is 0. The lowest BCUT2D eigenvalue weighted by Crippen LogP contribution is -1.96. The Hall–Kier alpha value is -6.72. The maximum Gasteiger partial charge on any atom is 0.160 e. The average molecular weight is 628 g/mol. The molecule has 9 rings (SSSR count). The van der Waals surface area contributed by atoms with Crippen molar-refractivity contribution < 1.29 is 0 Å². The van der Waals surface area contributed by atoms with E-state index in [9.17, 15) is 0 Å². The van der Waals surface area contributed by atoms with E-state index in [1.165, 1.54) is 16.3 Å². The molecule has 0 saturated heterocycles. The number of aromatic nitrogens is 5. The minimum absolute atomic E-state index is 0.713. The molecule has 2 aromatic heterocycles. The van der Waals surface area contributed by atoms with Gasteiger partial charge < -0.3 is 0 Å². The summed E-state index contributed by atoms with van der Waals surface area (Å²) in [5.74, 6) is 0.713. The van der Waals surface area contributed by atoms with E-state index in [1.807, 2.05) is 65.3 Å². The molecule has 5 heteroatoms. The lowest BCUT2D eigenvalue weighted by Gasteiger charge is -2.12.